The normalized spacial score (nSPS) is 12.1. The van der Waals surface area contributed by atoms with Crippen LogP contribution in [0, 0.1) is 6.92 Å². The van der Waals surface area contributed by atoms with Crippen molar-refractivity contribution in [2.75, 3.05) is 5.32 Å². The molecule has 0 saturated carbocycles. The molecule has 1 atom stereocenters. The number of hydrogen-bond acceptors (Lipinski definition) is 2. The molecule has 1 unspecified atom stereocenters. The number of unbranched alkanes of at least 4 members (excludes halogenated alkanes) is 1. The third kappa shape index (κ3) is 4.25. The molecule has 0 heterocycles. The average molecular weight is 283 g/mol. The zero-order chi connectivity index (χ0) is 15.2. The van der Waals surface area contributed by atoms with Crippen LogP contribution in [0.3, 0.4) is 0 Å². The van der Waals surface area contributed by atoms with Gasteiger partial charge in [-0.25, -0.2) is 0 Å². The summed E-state index contributed by atoms with van der Waals surface area (Å²) in [4.78, 5) is 0. The Labute approximate surface area is 127 Å². The highest BCUT2D eigenvalue weighted by atomic mass is 16.3. The van der Waals surface area contributed by atoms with Crippen molar-refractivity contribution in [3.8, 4) is 5.75 Å². The minimum absolute atomic E-state index is 0.0754. The molecule has 0 aliphatic rings. The first-order valence-corrected chi connectivity index (χ1v) is 7.75. The standard InChI is InChI=1S/C19H25NO/c1-4-5-6-16-8-10-17(11-9-16)20-15(3)18-13-14(2)7-12-19(18)21/h7-13,15,20-21H,4-6H2,1-3H3. The van der Waals surface area contributed by atoms with Crippen molar-refractivity contribution >= 4 is 5.69 Å². The van der Waals surface area contributed by atoms with Gasteiger partial charge in [0.2, 0.25) is 0 Å². The lowest BCUT2D eigenvalue weighted by Gasteiger charge is -2.17. The maximum atomic E-state index is 9.98. The first kappa shape index (κ1) is 15.4. The van der Waals surface area contributed by atoms with E-state index in [1.54, 1.807) is 6.07 Å². The fourth-order valence-electron chi connectivity index (χ4n) is 2.50. The predicted molar refractivity (Wildman–Crippen MR) is 89.9 cm³/mol. The largest absolute Gasteiger partial charge is 0.508 e. The van der Waals surface area contributed by atoms with Crippen LogP contribution in [-0.4, -0.2) is 5.11 Å². The summed E-state index contributed by atoms with van der Waals surface area (Å²) in [6.07, 6.45) is 3.61. The third-order valence-electron chi connectivity index (χ3n) is 3.81. The predicted octanol–water partition coefficient (Wildman–Crippen LogP) is 5.22. The van der Waals surface area contributed by atoms with E-state index >= 15 is 0 Å². The molecular weight excluding hydrogens is 258 g/mol. The summed E-state index contributed by atoms with van der Waals surface area (Å²) in [6.45, 7) is 6.32. The van der Waals surface area contributed by atoms with Crippen LogP contribution in [-0.2, 0) is 6.42 Å². The Kier molecular flexibility index (Phi) is 5.26. The van der Waals surface area contributed by atoms with Gasteiger partial charge in [-0.05, 0) is 50.5 Å². The monoisotopic (exact) mass is 283 g/mol. The molecule has 2 aromatic carbocycles. The molecule has 0 aliphatic heterocycles. The molecule has 2 rings (SSSR count). The van der Waals surface area contributed by atoms with Crippen molar-refractivity contribution in [1.82, 2.24) is 0 Å². The molecule has 2 N–H and O–H groups in total. The quantitative estimate of drug-likeness (QED) is 0.762. The summed E-state index contributed by atoms with van der Waals surface area (Å²) >= 11 is 0. The summed E-state index contributed by atoms with van der Waals surface area (Å²) < 4.78 is 0. The van der Waals surface area contributed by atoms with Crippen molar-refractivity contribution in [2.45, 2.75) is 46.1 Å². The number of phenols is 1. The summed E-state index contributed by atoms with van der Waals surface area (Å²) in [6, 6.07) is 14.4. The number of benzene rings is 2. The number of nitrogens with one attached hydrogen (secondary N) is 1. The summed E-state index contributed by atoms with van der Waals surface area (Å²) in [5, 5.41) is 13.4. The third-order valence-corrected chi connectivity index (χ3v) is 3.81. The highest BCUT2D eigenvalue weighted by Gasteiger charge is 2.10. The van der Waals surface area contributed by atoms with Gasteiger partial charge in [0.1, 0.15) is 5.75 Å². The Morgan fingerprint density at radius 2 is 1.81 bits per heavy atom. The molecule has 0 aromatic heterocycles. The van der Waals surface area contributed by atoms with Crippen molar-refractivity contribution in [3.63, 3.8) is 0 Å². The maximum absolute atomic E-state index is 9.98. The lowest BCUT2D eigenvalue weighted by atomic mass is 10.0. The van der Waals surface area contributed by atoms with E-state index in [4.69, 9.17) is 0 Å². The van der Waals surface area contributed by atoms with Gasteiger partial charge in [-0.3, -0.25) is 0 Å². The minimum Gasteiger partial charge on any atom is -0.508 e. The number of anilines is 1. The number of rotatable bonds is 6. The minimum atomic E-state index is 0.0754. The lowest BCUT2D eigenvalue weighted by Crippen LogP contribution is -2.07. The molecule has 112 valence electrons. The van der Waals surface area contributed by atoms with Gasteiger partial charge in [-0.1, -0.05) is 43.2 Å². The van der Waals surface area contributed by atoms with Crippen LogP contribution in [0.5, 0.6) is 5.75 Å². The molecule has 0 saturated heterocycles. The van der Waals surface area contributed by atoms with Crippen LogP contribution in [0.2, 0.25) is 0 Å². The van der Waals surface area contributed by atoms with E-state index < -0.39 is 0 Å². The van der Waals surface area contributed by atoms with Gasteiger partial charge >= 0.3 is 0 Å². The molecule has 2 aromatic rings. The van der Waals surface area contributed by atoms with E-state index in [1.165, 1.54) is 18.4 Å². The maximum Gasteiger partial charge on any atom is 0.120 e. The van der Waals surface area contributed by atoms with Crippen molar-refractivity contribution in [2.24, 2.45) is 0 Å². The smallest absolute Gasteiger partial charge is 0.120 e. The van der Waals surface area contributed by atoms with E-state index in [0.717, 1.165) is 23.2 Å². The zero-order valence-corrected chi connectivity index (χ0v) is 13.2. The molecule has 0 amide bonds. The number of aromatic hydroxyl groups is 1. The first-order valence-electron chi connectivity index (χ1n) is 7.75. The van der Waals surface area contributed by atoms with Crippen molar-refractivity contribution in [1.29, 1.82) is 0 Å². The van der Waals surface area contributed by atoms with Gasteiger partial charge < -0.3 is 10.4 Å². The van der Waals surface area contributed by atoms with Crippen LogP contribution in [0.25, 0.3) is 0 Å². The molecule has 0 spiro atoms. The molecular formula is C19H25NO. The molecule has 0 fully saturated rings. The Bertz CT molecular complexity index is 575. The van der Waals surface area contributed by atoms with Crippen molar-refractivity contribution < 1.29 is 5.11 Å². The fraction of sp³-hybridized carbons (Fsp3) is 0.368. The van der Waals surface area contributed by atoms with Crippen LogP contribution in [0.1, 0.15) is 49.4 Å². The van der Waals surface area contributed by atoms with Crippen LogP contribution >= 0.6 is 0 Å². The lowest BCUT2D eigenvalue weighted by molar-refractivity contribution is 0.465. The van der Waals surface area contributed by atoms with Crippen molar-refractivity contribution in [3.05, 3.63) is 59.2 Å². The highest BCUT2D eigenvalue weighted by Crippen LogP contribution is 2.28. The SMILES string of the molecule is CCCCc1ccc(NC(C)c2cc(C)ccc2O)cc1. The van der Waals surface area contributed by atoms with Crippen LogP contribution in [0.4, 0.5) is 5.69 Å². The Morgan fingerprint density at radius 1 is 1.10 bits per heavy atom. The van der Waals surface area contributed by atoms with Gasteiger partial charge in [-0.15, -0.1) is 0 Å². The van der Waals surface area contributed by atoms with E-state index in [2.05, 4.69) is 43.4 Å². The van der Waals surface area contributed by atoms with Gasteiger partial charge in [0.05, 0.1) is 6.04 Å². The van der Waals surface area contributed by atoms with Gasteiger partial charge in [0.25, 0.3) is 0 Å². The first-order chi connectivity index (χ1) is 10.1. The topological polar surface area (TPSA) is 32.3 Å². The number of phenolic OH excluding ortho intramolecular Hbond substituents is 1. The van der Waals surface area contributed by atoms with Crippen LogP contribution < -0.4 is 5.32 Å². The molecule has 0 aliphatic carbocycles. The van der Waals surface area contributed by atoms with Gasteiger partial charge in [-0.2, -0.15) is 0 Å². The molecule has 0 bridgehead atoms. The second-order valence-corrected chi connectivity index (χ2v) is 5.73. The summed E-state index contributed by atoms with van der Waals surface area (Å²) in [5.41, 5.74) is 4.56. The Balaban J connectivity index is 2.05. The Hall–Kier alpha value is -1.96. The second-order valence-electron chi connectivity index (χ2n) is 5.73. The highest BCUT2D eigenvalue weighted by molar-refractivity contribution is 5.49. The van der Waals surface area contributed by atoms with Gasteiger partial charge in [0, 0.05) is 11.3 Å². The number of hydrogen-bond donors (Lipinski definition) is 2. The molecule has 2 nitrogen and oxygen atoms in total. The summed E-state index contributed by atoms with van der Waals surface area (Å²) in [5.74, 6) is 0.347. The van der Waals surface area contributed by atoms with Gasteiger partial charge in [0.15, 0.2) is 0 Å². The van der Waals surface area contributed by atoms with E-state index in [0.29, 0.717) is 5.75 Å². The fourth-order valence-corrected chi connectivity index (χ4v) is 2.50. The summed E-state index contributed by atoms with van der Waals surface area (Å²) in [7, 11) is 0. The number of aryl methyl sites for hydroxylation is 2. The average Bonchev–Trinajstić information content (AvgIpc) is 2.49. The van der Waals surface area contributed by atoms with E-state index in [-0.39, 0.29) is 6.04 Å². The Morgan fingerprint density at radius 3 is 2.48 bits per heavy atom. The molecule has 21 heavy (non-hydrogen) atoms. The van der Waals surface area contributed by atoms with E-state index in [9.17, 15) is 5.11 Å². The second kappa shape index (κ2) is 7.16. The zero-order valence-electron chi connectivity index (χ0n) is 13.2. The molecule has 2 heteroatoms. The molecule has 0 radical (unpaired) electrons. The van der Waals surface area contributed by atoms with E-state index in [1.807, 2.05) is 19.1 Å². The van der Waals surface area contributed by atoms with Crippen LogP contribution in [0.15, 0.2) is 42.5 Å².